The molecule has 0 aliphatic carbocycles. The Morgan fingerprint density at radius 2 is 2.00 bits per heavy atom. The summed E-state index contributed by atoms with van der Waals surface area (Å²) in [4.78, 5) is 0. The molecule has 0 fully saturated rings. The summed E-state index contributed by atoms with van der Waals surface area (Å²) in [7, 11) is 0. The number of hydrogen-bond acceptors (Lipinski definition) is 1. The molecule has 0 heterocycles. The number of aliphatic hydroxyl groups excluding tert-OH is 1. The van der Waals surface area contributed by atoms with Crippen LogP contribution in [-0.4, -0.2) is 11.7 Å². The number of aliphatic hydroxyl groups is 1. The van der Waals surface area contributed by atoms with Crippen LogP contribution in [0.25, 0.3) is 0 Å². The van der Waals surface area contributed by atoms with Crippen LogP contribution in [0.1, 0.15) is 39.0 Å². The van der Waals surface area contributed by atoms with Gasteiger partial charge in [-0.15, -0.1) is 5.92 Å². The van der Waals surface area contributed by atoms with Crippen LogP contribution < -0.4 is 0 Å². The van der Waals surface area contributed by atoms with Crippen LogP contribution in [0.2, 0.25) is 0 Å². The van der Waals surface area contributed by atoms with Gasteiger partial charge in [0.25, 0.3) is 0 Å². The molecule has 1 heteroatoms. The molecule has 0 aliphatic rings. The van der Waals surface area contributed by atoms with Crippen molar-refractivity contribution in [2.75, 3.05) is 6.61 Å². The molecule has 0 atom stereocenters. The molecule has 1 nitrogen and oxygen atoms in total. The van der Waals surface area contributed by atoms with Gasteiger partial charge < -0.3 is 5.11 Å². The lowest BCUT2D eigenvalue weighted by molar-refractivity contribution is 0.342. The minimum atomic E-state index is 0.123. The molecular weight excluding hydrogens is 148 g/mol. The Kier molecular flexibility index (Phi) is 9.63. The van der Waals surface area contributed by atoms with Gasteiger partial charge in [0.05, 0.1) is 6.61 Å². The van der Waals surface area contributed by atoms with Crippen molar-refractivity contribution in [2.45, 2.75) is 39.0 Å². The van der Waals surface area contributed by atoms with E-state index in [1.165, 1.54) is 19.3 Å². The third kappa shape index (κ3) is 9.26. The highest BCUT2D eigenvalue weighted by atomic mass is 16.2. The molecular formula is C11H18O. The Balaban J connectivity index is 3.17. The quantitative estimate of drug-likeness (QED) is 0.378. The van der Waals surface area contributed by atoms with Crippen molar-refractivity contribution < 1.29 is 5.11 Å². The van der Waals surface area contributed by atoms with Crippen LogP contribution in [0.4, 0.5) is 0 Å². The fourth-order valence-electron chi connectivity index (χ4n) is 0.841. The van der Waals surface area contributed by atoms with Gasteiger partial charge in [-0.1, -0.05) is 37.8 Å². The summed E-state index contributed by atoms with van der Waals surface area (Å²) in [6.07, 6.45) is 9.15. The van der Waals surface area contributed by atoms with Crippen molar-refractivity contribution in [3.05, 3.63) is 12.2 Å². The molecule has 12 heavy (non-hydrogen) atoms. The first kappa shape index (κ1) is 11.3. The number of allylic oxidation sites excluding steroid dienone is 1. The van der Waals surface area contributed by atoms with E-state index in [0.717, 1.165) is 12.8 Å². The topological polar surface area (TPSA) is 20.2 Å². The smallest absolute Gasteiger partial charge is 0.0612 e. The van der Waals surface area contributed by atoms with E-state index in [1.807, 2.05) is 6.08 Å². The molecule has 0 spiro atoms. The van der Waals surface area contributed by atoms with E-state index in [9.17, 15) is 0 Å². The molecule has 1 N–H and O–H groups in total. The van der Waals surface area contributed by atoms with Crippen molar-refractivity contribution in [2.24, 2.45) is 0 Å². The number of rotatable bonds is 5. The van der Waals surface area contributed by atoms with Gasteiger partial charge in [0.15, 0.2) is 0 Å². The Labute approximate surface area is 75.5 Å². The molecule has 0 aliphatic heterocycles. The Morgan fingerprint density at radius 3 is 2.67 bits per heavy atom. The lowest BCUT2D eigenvalue weighted by atomic mass is 10.2. The van der Waals surface area contributed by atoms with Gasteiger partial charge in [-0.3, -0.25) is 0 Å². The molecule has 0 aromatic heterocycles. The zero-order valence-corrected chi connectivity index (χ0v) is 7.84. The molecule has 0 saturated carbocycles. The maximum Gasteiger partial charge on any atom is 0.0612 e. The molecule has 68 valence electrons. The summed E-state index contributed by atoms with van der Waals surface area (Å²) in [5.41, 5.74) is 0. The van der Waals surface area contributed by atoms with E-state index in [0.29, 0.717) is 0 Å². The average molecular weight is 166 g/mol. The molecule has 0 bridgehead atoms. The first-order chi connectivity index (χ1) is 5.91. The van der Waals surface area contributed by atoms with Crippen LogP contribution in [0.15, 0.2) is 12.2 Å². The van der Waals surface area contributed by atoms with Gasteiger partial charge in [-0.25, -0.2) is 0 Å². The largest absolute Gasteiger partial charge is 0.392 e. The van der Waals surface area contributed by atoms with E-state index >= 15 is 0 Å². The molecule has 0 aromatic carbocycles. The lowest BCUT2D eigenvalue weighted by Gasteiger charge is -1.87. The fourth-order valence-corrected chi connectivity index (χ4v) is 0.841. The molecule has 0 saturated heterocycles. The second-order valence-corrected chi connectivity index (χ2v) is 2.67. The first-order valence-electron chi connectivity index (χ1n) is 4.63. The number of unbranched alkanes of at least 4 members (excludes halogenated alkanes) is 3. The monoisotopic (exact) mass is 166 g/mol. The summed E-state index contributed by atoms with van der Waals surface area (Å²) in [5, 5.41) is 8.40. The SMILES string of the molecule is CCCCCC#CC/C=C/CO. The summed E-state index contributed by atoms with van der Waals surface area (Å²) >= 11 is 0. The van der Waals surface area contributed by atoms with Gasteiger partial charge in [0.1, 0.15) is 0 Å². The lowest BCUT2D eigenvalue weighted by Crippen LogP contribution is -1.72. The zero-order chi connectivity index (χ0) is 9.07. The fraction of sp³-hybridized carbons (Fsp3) is 0.636. The normalized spacial score (nSPS) is 9.83. The van der Waals surface area contributed by atoms with Gasteiger partial charge >= 0.3 is 0 Å². The van der Waals surface area contributed by atoms with Crippen LogP contribution in [-0.2, 0) is 0 Å². The van der Waals surface area contributed by atoms with E-state index in [1.54, 1.807) is 6.08 Å². The third-order valence-electron chi connectivity index (χ3n) is 1.52. The van der Waals surface area contributed by atoms with Crippen LogP contribution in [0.5, 0.6) is 0 Å². The Bertz CT molecular complexity index is 160. The summed E-state index contributed by atoms with van der Waals surface area (Å²) in [6.45, 7) is 2.31. The summed E-state index contributed by atoms with van der Waals surface area (Å²) in [5.74, 6) is 6.13. The second kappa shape index (κ2) is 10.3. The predicted molar refractivity (Wildman–Crippen MR) is 52.8 cm³/mol. The van der Waals surface area contributed by atoms with Crippen LogP contribution in [0.3, 0.4) is 0 Å². The molecule has 0 amide bonds. The van der Waals surface area contributed by atoms with E-state index < -0.39 is 0 Å². The molecule has 0 aromatic rings. The maximum atomic E-state index is 8.40. The van der Waals surface area contributed by atoms with Gasteiger partial charge in [0.2, 0.25) is 0 Å². The van der Waals surface area contributed by atoms with Gasteiger partial charge in [-0.2, -0.15) is 0 Å². The van der Waals surface area contributed by atoms with Crippen molar-refractivity contribution in [3.63, 3.8) is 0 Å². The minimum absolute atomic E-state index is 0.123. The van der Waals surface area contributed by atoms with E-state index in [4.69, 9.17) is 5.11 Å². The van der Waals surface area contributed by atoms with E-state index in [-0.39, 0.29) is 6.61 Å². The van der Waals surface area contributed by atoms with Crippen LogP contribution >= 0.6 is 0 Å². The Hall–Kier alpha value is -0.740. The van der Waals surface area contributed by atoms with Gasteiger partial charge in [-0.05, 0) is 6.42 Å². The molecule has 0 radical (unpaired) electrons. The summed E-state index contributed by atoms with van der Waals surface area (Å²) in [6, 6.07) is 0. The minimum Gasteiger partial charge on any atom is -0.392 e. The summed E-state index contributed by atoms with van der Waals surface area (Å²) < 4.78 is 0. The van der Waals surface area contributed by atoms with Gasteiger partial charge in [0, 0.05) is 12.8 Å². The predicted octanol–water partition coefficient (Wildman–Crippen LogP) is 2.51. The highest BCUT2D eigenvalue weighted by Gasteiger charge is 1.79. The maximum absolute atomic E-state index is 8.40. The molecule has 0 unspecified atom stereocenters. The third-order valence-corrected chi connectivity index (χ3v) is 1.52. The van der Waals surface area contributed by atoms with Crippen molar-refractivity contribution in [1.29, 1.82) is 0 Å². The van der Waals surface area contributed by atoms with Crippen molar-refractivity contribution >= 4 is 0 Å². The van der Waals surface area contributed by atoms with Crippen molar-refractivity contribution in [1.82, 2.24) is 0 Å². The number of hydrogen-bond donors (Lipinski definition) is 1. The van der Waals surface area contributed by atoms with Crippen molar-refractivity contribution in [3.8, 4) is 11.8 Å². The average Bonchev–Trinajstić information content (AvgIpc) is 2.10. The highest BCUT2D eigenvalue weighted by Crippen LogP contribution is 1.96. The van der Waals surface area contributed by atoms with E-state index in [2.05, 4.69) is 18.8 Å². The second-order valence-electron chi connectivity index (χ2n) is 2.67. The highest BCUT2D eigenvalue weighted by molar-refractivity contribution is 5.04. The first-order valence-corrected chi connectivity index (χ1v) is 4.63. The van der Waals surface area contributed by atoms with Crippen LogP contribution in [0, 0.1) is 11.8 Å². The Morgan fingerprint density at radius 1 is 1.17 bits per heavy atom. The molecule has 0 rings (SSSR count). The zero-order valence-electron chi connectivity index (χ0n) is 7.84. The standard InChI is InChI=1S/C11H18O/c1-2-3-4-5-6-7-8-9-10-11-12/h9-10,12H,2-5,8,11H2,1H3/b10-9+.